The summed E-state index contributed by atoms with van der Waals surface area (Å²) >= 11 is 16.8. The van der Waals surface area contributed by atoms with Crippen molar-refractivity contribution in [2.45, 2.75) is 6.04 Å². The molecule has 8 nitrogen and oxygen atoms in total. The molecule has 0 aliphatic heterocycles. The van der Waals surface area contributed by atoms with Gasteiger partial charge in [0, 0.05) is 17.4 Å². The SMILES string of the molecule is O=C(O)C(Nc1ccc(Cl)c(OCNc2cccc(-n3c(=S)[nH][nH]c3=S)c2)c1)c1ccccc1. The minimum Gasteiger partial charge on any atom is -0.479 e. The largest absolute Gasteiger partial charge is 0.479 e. The number of aromatic amines is 2. The van der Waals surface area contributed by atoms with E-state index in [2.05, 4.69) is 20.8 Å². The van der Waals surface area contributed by atoms with Gasteiger partial charge in [-0.1, -0.05) is 48.0 Å². The van der Waals surface area contributed by atoms with Gasteiger partial charge < -0.3 is 20.5 Å². The summed E-state index contributed by atoms with van der Waals surface area (Å²) in [5.74, 6) is -0.588. The Kier molecular flexibility index (Phi) is 7.31. The Morgan fingerprint density at radius 3 is 2.44 bits per heavy atom. The summed E-state index contributed by atoms with van der Waals surface area (Å²) in [6.07, 6.45) is 0. The van der Waals surface area contributed by atoms with Crippen LogP contribution in [-0.4, -0.2) is 32.6 Å². The molecule has 0 amide bonds. The maximum Gasteiger partial charge on any atom is 0.330 e. The molecule has 11 heteroatoms. The van der Waals surface area contributed by atoms with Gasteiger partial charge in [0.25, 0.3) is 0 Å². The van der Waals surface area contributed by atoms with Crippen LogP contribution in [0.15, 0.2) is 72.8 Å². The van der Waals surface area contributed by atoms with Crippen molar-refractivity contribution in [1.82, 2.24) is 14.8 Å². The fourth-order valence-electron chi connectivity index (χ4n) is 3.30. The number of ether oxygens (including phenoxy) is 1. The summed E-state index contributed by atoms with van der Waals surface area (Å²) in [6.45, 7) is 0.124. The standard InChI is InChI=1S/C23H20ClN5O3S2/c24-18-10-9-16(26-20(21(30)31)14-5-2-1-3-6-14)12-19(18)32-13-25-15-7-4-8-17(11-15)29-22(33)27-28-23(29)34/h1-12,20,25-26H,13H2,(H,27,33)(H,28,34)(H,30,31). The van der Waals surface area contributed by atoms with E-state index in [9.17, 15) is 9.90 Å². The third-order valence-electron chi connectivity index (χ3n) is 4.91. The summed E-state index contributed by atoms with van der Waals surface area (Å²) in [5, 5.41) is 21.9. The Morgan fingerprint density at radius 1 is 1.00 bits per heavy atom. The van der Waals surface area contributed by atoms with E-state index in [0.717, 1.165) is 11.4 Å². The minimum absolute atomic E-state index is 0.124. The van der Waals surface area contributed by atoms with Gasteiger partial charge in [0.2, 0.25) is 0 Å². The Balaban J connectivity index is 1.45. The predicted octanol–water partition coefficient (Wildman–Crippen LogP) is 5.93. The van der Waals surface area contributed by atoms with E-state index in [1.54, 1.807) is 47.0 Å². The molecule has 1 aromatic heterocycles. The van der Waals surface area contributed by atoms with Gasteiger partial charge >= 0.3 is 5.97 Å². The van der Waals surface area contributed by atoms with Gasteiger partial charge in [0.05, 0.1) is 10.7 Å². The molecular formula is C23H20ClN5O3S2. The average Bonchev–Trinajstić information content (AvgIpc) is 3.17. The van der Waals surface area contributed by atoms with Crippen molar-refractivity contribution in [3.63, 3.8) is 0 Å². The van der Waals surface area contributed by atoms with Crippen LogP contribution in [0.5, 0.6) is 5.75 Å². The van der Waals surface area contributed by atoms with Gasteiger partial charge in [0.1, 0.15) is 5.75 Å². The molecule has 1 heterocycles. The van der Waals surface area contributed by atoms with E-state index in [1.807, 2.05) is 30.3 Å². The van der Waals surface area contributed by atoms with Gasteiger partial charge in [-0.05, 0) is 60.3 Å². The number of anilines is 2. The topological polar surface area (TPSA) is 107 Å². The highest BCUT2D eigenvalue weighted by Gasteiger charge is 2.19. The maximum absolute atomic E-state index is 11.8. The average molecular weight is 514 g/mol. The number of carboxylic acids is 1. The number of aliphatic carboxylic acids is 1. The van der Waals surface area contributed by atoms with E-state index in [4.69, 9.17) is 40.8 Å². The van der Waals surface area contributed by atoms with Crippen molar-refractivity contribution in [1.29, 1.82) is 0 Å². The number of rotatable bonds is 9. The fourth-order valence-corrected chi connectivity index (χ4v) is 4.03. The Morgan fingerprint density at radius 2 is 1.74 bits per heavy atom. The van der Waals surface area contributed by atoms with Crippen LogP contribution in [0, 0.1) is 9.54 Å². The Bertz CT molecular complexity index is 1390. The lowest BCUT2D eigenvalue weighted by atomic mass is 10.1. The maximum atomic E-state index is 11.8. The number of benzene rings is 3. The number of hydrogen-bond acceptors (Lipinski definition) is 6. The molecule has 4 rings (SSSR count). The normalized spacial score (nSPS) is 11.6. The van der Waals surface area contributed by atoms with E-state index >= 15 is 0 Å². The molecule has 0 saturated carbocycles. The van der Waals surface area contributed by atoms with Crippen molar-refractivity contribution in [2.24, 2.45) is 0 Å². The molecule has 5 N–H and O–H groups in total. The number of aromatic nitrogens is 3. The van der Waals surface area contributed by atoms with Crippen LogP contribution in [0.4, 0.5) is 11.4 Å². The number of carboxylic acid groups (broad SMARTS) is 1. The van der Waals surface area contributed by atoms with Crippen LogP contribution in [-0.2, 0) is 4.79 Å². The lowest BCUT2D eigenvalue weighted by Gasteiger charge is -2.18. The molecule has 0 radical (unpaired) electrons. The monoisotopic (exact) mass is 513 g/mol. The summed E-state index contributed by atoms with van der Waals surface area (Å²) in [6, 6.07) is 20.6. The quantitative estimate of drug-likeness (QED) is 0.139. The minimum atomic E-state index is -0.993. The highest BCUT2D eigenvalue weighted by atomic mass is 35.5. The van der Waals surface area contributed by atoms with Crippen LogP contribution >= 0.6 is 36.0 Å². The first-order valence-electron chi connectivity index (χ1n) is 10.1. The lowest BCUT2D eigenvalue weighted by Crippen LogP contribution is -2.20. The van der Waals surface area contributed by atoms with E-state index < -0.39 is 12.0 Å². The summed E-state index contributed by atoms with van der Waals surface area (Å²) in [7, 11) is 0. The number of nitrogens with one attached hydrogen (secondary N) is 4. The zero-order valence-corrected chi connectivity index (χ0v) is 20.0. The molecule has 1 atom stereocenters. The number of hydrogen-bond donors (Lipinski definition) is 5. The summed E-state index contributed by atoms with van der Waals surface area (Å²) in [5.41, 5.74) is 2.78. The van der Waals surface area contributed by atoms with Gasteiger partial charge in [-0.3, -0.25) is 14.8 Å². The van der Waals surface area contributed by atoms with Crippen molar-refractivity contribution in [3.05, 3.63) is 92.9 Å². The third-order valence-corrected chi connectivity index (χ3v) is 5.79. The predicted molar refractivity (Wildman–Crippen MR) is 137 cm³/mol. The second-order valence-corrected chi connectivity index (χ2v) is 8.36. The van der Waals surface area contributed by atoms with Crippen molar-refractivity contribution in [3.8, 4) is 11.4 Å². The van der Waals surface area contributed by atoms with Crippen molar-refractivity contribution < 1.29 is 14.6 Å². The summed E-state index contributed by atoms with van der Waals surface area (Å²) in [4.78, 5) is 11.8. The van der Waals surface area contributed by atoms with Crippen LogP contribution in [0.3, 0.4) is 0 Å². The Labute approximate surface area is 210 Å². The van der Waals surface area contributed by atoms with Crippen molar-refractivity contribution >= 4 is 53.4 Å². The zero-order chi connectivity index (χ0) is 24.1. The van der Waals surface area contributed by atoms with Crippen LogP contribution in [0.25, 0.3) is 5.69 Å². The molecule has 4 aromatic rings. The van der Waals surface area contributed by atoms with Gasteiger partial charge in [-0.25, -0.2) is 4.79 Å². The lowest BCUT2D eigenvalue weighted by molar-refractivity contribution is -0.138. The molecule has 0 aliphatic rings. The van der Waals surface area contributed by atoms with E-state index in [1.165, 1.54) is 0 Å². The summed E-state index contributed by atoms with van der Waals surface area (Å²) < 4.78 is 8.44. The number of nitrogens with zero attached hydrogens (tertiary/aromatic N) is 1. The first kappa shape index (κ1) is 23.6. The van der Waals surface area contributed by atoms with Crippen LogP contribution in [0.1, 0.15) is 11.6 Å². The van der Waals surface area contributed by atoms with E-state index in [0.29, 0.717) is 31.6 Å². The van der Waals surface area contributed by atoms with Crippen LogP contribution < -0.4 is 15.4 Å². The second kappa shape index (κ2) is 10.6. The van der Waals surface area contributed by atoms with Gasteiger partial charge in [-0.2, -0.15) is 0 Å². The molecule has 0 spiro atoms. The van der Waals surface area contributed by atoms with Gasteiger partial charge in [0.15, 0.2) is 22.3 Å². The number of carbonyl (C=O) groups is 1. The molecule has 0 saturated heterocycles. The molecule has 34 heavy (non-hydrogen) atoms. The molecule has 0 fully saturated rings. The molecule has 0 bridgehead atoms. The highest BCUT2D eigenvalue weighted by Crippen LogP contribution is 2.30. The number of halogens is 1. The second-order valence-electron chi connectivity index (χ2n) is 7.18. The molecule has 3 aromatic carbocycles. The fraction of sp³-hybridized carbons (Fsp3) is 0.0870. The first-order chi connectivity index (χ1) is 16.4. The smallest absolute Gasteiger partial charge is 0.330 e. The first-order valence-corrected chi connectivity index (χ1v) is 11.3. The molecular weight excluding hydrogens is 494 g/mol. The third kappa shape index (κ3) is 5.48. The van der Waals surface area contributed by atoms with Gasteiger partial charge in [-0.15, -0.1) is 0 Å². The molecule has 1 unspecified atom stereocenters. The highest BCUT2D eigenvalue weighted by molar-refractivity contribution is 7.72. The number of H-pyrrole nitrogens is 2. The van der Waals surface area contributed by atoms with Crippen molar-refractivity contribution in [2.75, 3.05) is 17.4 Å². The Hall–Kier alpha value is -3.60. The van der Waals surface area contributed by atoms with Crippen LogP contribution in [0.2, 0.25) is 5.02 Å². The molecule has 174 valence electrons. The zero-order valence-electron chi connectivity index (χ0n) is 17.6. The van der Waals surface area contributed by atoms with E-state index in [-0.39, 0.29) is 6.73 Å². The molecule has 0 aliphatic carbocycles.